The van der Waals surface area contributed by atoms with Crippen LogP contribution in [0.5, 0.6) is 17.2 Å². The Morgan fingerprint density at radius 1 is 1.10 bits per heavy atom. The van der Waals surface area contributed by atoms with Gasteiger partial charge in [-0.25, -0.2) is 14.1 Å². The van der Waals surface area contributed by atoms with E-state index in [2.05, 4.69) is 10.2 Å². The maximum atomic E-state index is 15.0. The fourth-order valence-electron chi connectivity index (χ4n) is 7.38. The summed E-state index contributed by atoms with van der Waals surface area (Å²) in [5, 5.41) is 47.6. The number of quaternary nitrogens is 1. The number of hydrogen-bond donors (Lipinski definition) is 6. The Balaban J connectivity index is 1.59. The number of carboxylic acid groups (broad SMARTS) is 1. The van der Waals surface area contributed by atoms with E-state index in [1.54, 1.807) is 12.4 Å². The molecule has 3 aliphatic rings. The molecule has 3 aliphatic heterocycles. The number of anilines is 1. The van der Waals surface area contributed by atoms with Crippen molar-refractivity contribution < 1.29 is 48.9 Å². The third-order valence-electron chi connectivity index (χ3n) is 9.55. The predicted octanol–water partition coefficient (Wildman–Crippen LogP) is 1.59. The molecule has 0 bridgehead atoms. The van der Waals surface area contributed by atoms with Crippen molar-refractivity contribution in [1.82, 2.24) is 10.2 Å². The third kappa shape index (κ3) is 5.03. The number of rotatable bonds is 10. The molecular formula is C31H31N6O9S3+. The van der Waals surface area contributed by atoms with E-state index in [0.29, 0.717) is 10.1 Å². The second kappa shape index (κ2) is 12.3. The molecular weight excluding hydrogens is 697 g/mol. The predicted molar refractivity (Wildman–Crippen MR) is 179 cm³/mol. The van der Waals surface area contributed by atoms with E-state index >= 15 is 4.79 Å². The number of phenols is 3. The molecule has 4 heterocycles. The zero-order chi connectivity index (χ0) is 35.6. The van der Waals surface area contributed by atoms with Crippen LogP contribution in [0.15, 0.2) is 58.0 Å². The molecule has 3 amide bonds. The standard InChI is InChI=1S/C31H30N6O9S3/c1-3-36-17-10-20(40)19(39)9-16(17)24(41)31(29(33)46,23(36)21(25(32)42)13-4-6-14(38)7-5-13)22-26(43)37(2)18(28(44)45)8-15(49-27(22)37)11-47-30-35-34-12-48-30/h4-10,12,15,21-23,27H,3,11H2,1-2H3,(H7-,32,33,38,39,40,41,42,44,45,46)/p+1/t15?,21?,22-,23?,27-,31?,37?/m0/s1. The van der Waals surface area contributed by atoms with Crippen LogP contribution in [0.2, 0.25) is 0 Å². The zero-order valence-electron chi connectivity index (χ0n) is 25.9. The molecule has 1 fully saturated rings. The molecule has 0 radical (unpaired) electrons. The summed E-state index contributed by atoms with van der Waals surface area (Å²) in [6.45, 7) is 1.65. The number of nitrogens with zero attached hydrogens (tertiary/aromatic N) is 4. The number of benzene rings is 2. The van der Waals surface area contributed by atoms with Gasteiger partial charge in [0.1, 0.15) is 11.3 Å². The zero-order valence-corrected chi connectivity index (χ0v) is 28.4. The number of ketones is 1. The smallest absolute Gasteiger partial charge is 0.390 e. The van der Waals surface area contributed by atoms with E-state index in [1.807, 2.05) is 0 Å². The minimum Gasteiger partial charge on any atom is -0.508 e. The second-order valence-electron chi connectivity index (χ2n) is 12.0. The van der Waals surface area contributed by atoms with Gasteiger partial charge in [0.15, 0.2) is 38.3 Å². The van der Waals surface area contributed by atoms with Crippen LogP contribution in [-0.4, -0.2) is 101 Å². The highest BCUT2D eigenvalue weighted by atomic mass is 32.2. The first-order valence-corrected chi connectivity index (χ1v) is 17.7. The Morgan fingerprint density at radius 2 is 1.78 bits per heavy atom. The number of aromatic hydroxyl groups is 3. The van der Waals surface area contributed by atoms with Crippen molar-refractivity contribution in [3.05, 3.63) is 64.8 Å². The molecule has 0 aliphatic carbocycles. The largest absolute Gasteiger partial charge is 0.508 e. The van der Waals surface area contributed by atoms with Crippen LogP contribution in [-0.2, 0) is 19.2 Å². The fourth-order valence-corrected chi connectivity index (χ4v) is 10.8. The number of aromatic nitrogens is 2. The number of carbonyl (C=O) groups excluding carboxylic acids is 4. The van der Waals surface area contributed by atoms with Gasteiger partial charge in [-0.1, -0.05) is 47.0 Å². The van der Waals surface area contributed by atoms with Crippen LogP contribution in [0.1, 0.15) is 28.8 Å². The Morgan fingerprint density at radius 3 is 2.35 bits per heavy atom. The van der Waals surface area contributed by atoms with Crippen molar-refractivity contribution in [3.8, 4) is 17.2 Å². The van der Waals surface area contributed by atoms with Gasteiger partial charge in [-0.3, -0.25) is 14.4 Å². The average molecular weight is 728 g/mol. The molecule has 0 saturated carbocycles. The average Bonchev–Trinajstić information content (AvgIpc) is 3.58. The number of Topliss-reactive ketones (excluding diaryl/α,β-unsaturated/α-hetero) is 1. The van der Waals surface area contributed by atoms with Crippen LogP contribution in [0.4, 0.5) is 5.69 Å². The lowest BCUT2D eigenvalue weighted by Crippen LogP contribution is -2.82. The van der Waals surface area contributed by atoms with Crippen molar-refractivity contribution >= 4 is 70.0 Å². The molecule has 15 nitrogen and oxygen atoms in total. The summed E-state index contributed by atoms with van der Waals surface area (Å²) in [4.78, 5) is 71.5. The summed E-state index contributed by atoms with van der Waals surface area (Å²) in [6, 6.07) is 5.88. The minimum atomic E-state index is -2.55. The number of nitrogens with two attached hydrogens (primary N) is 2. The highest BCUT2D eigenvalue weighted by Gasteiger charge is 2.80. The van der Waals surface area contributed by atoms with Crippen molar-refractivity contribution in [2.45, 2.75) is 33.8 Å². The molecule has 2 aromatic carbocycles. The summed E-state index contributed by atoms with van der Waals surface area (Å²) in [6.07, 6.45) is 1.47. The SMILES string of the molecule is CCN1c2cc(O)c(O)cc2C(=O)C(C(N)=O)([C@H]2C(=O)[N+]3(C)C(C(=O)O)=CC(CSc4nncs4)S[C@@H]23)C1C(C(N)=O)c1ccc(O)cc1. The molecule has 1 saturated heterocycles. The van der Waals surface area contributed by atoms with E-state index in [0.717, 1.165) is 12.1 Å². The molecule has 0 spiro atoms. The molecule has 18 heteroatoms. The van der Waals surface area contributed by atoms with Crippen molar-refractivity contribution in [2.24, 2.45) is 22.8 Å². The molecule has 3 aromatic rings. The number of likely N-dealkylation sites (N-methyl/N-ethyl adjacent to an activating group) is 2. The molecule has 1 aromatic heterocycles. The lowest BCUT2D eigenvalue weighted by molar-refractivity contribution is -0.843. The molecule has 8 N–H and O–H groups in total. The number of fused-ring (bicyclic) bond motifs is 2. The topological polar surface area (TPSA) is 247 Å². The molecule has 5 unspecified atom stereocenters. The summed E-state index contributed by atoms with van der Waals surface area (Å²) < 4.78 is -0.137. The number of carbonyl (C=O) groups is 5. The second-order valence-corrected chi connectivity index (χ2v) is 15.4. The quantitative estimate of drug-likeness (QED) is 0.0571. The van der Waals surface area contributed by atoms with Gasteiger partial charge in [0.05, 0.1) is 24.7 Å². The molecule has 49 heavy (non-hydrogen) atoms. The Hall–Kier alpha value is -4.65. The van der Waals surface area contributed by atoms with Crippen molar-refractivity contribution in [1.29, 1.82) is 0 Å². The Bertz CT molecular complexity index is 1920. The maximum Gasteiger partial charge on any atom is 0.390 e. The lowest BCUT2D eigenvalue weighted by atomic mass is 9.55. The van der Waals surface area contributed by atoms with Gasteiger partial charge in [0, 0.05) is 29.2 Å². The molecule has 7 atom stereocenters. The number of phenolic OH excluding ortho intramolecular Hbond substituents is 3. The first-order chi connectivity index (χ1) is 23.2. The number of carboxylic acids is 1. The Labute approximate surface area is 291 Å². The van der Waals surface area contributed by atoms with E-state index in [1.165, 1.54) is 77.1 Å². The van der Waals surface area contributed by atoms with E-state index in [4.69, 9.17) is 11.5 Å². The van der Waals surface area contributed by atoms with Gasteiger partial charge in [-0.2, -0.15) is 0 Å². The first kappa shape index (κ1) is 34.2. The summed E-state index contributed by atoms with van der Waals surface area (Å²) in [5.74, 6) is -9.59. The number of amides is 3. The van der Waals surface area contributed by atoms with E-state index in [-0.39, 0.29) is 34.8 Å². The van der Waals surface area contributed by atoms with Crippen LogP contribution in [0.25, 0.3) is 0 Å². The van der Waals surface area contributed by atoms with Gasteiger partial charge < -0.3 is 36.8 Å². The monoisotopic (exact) mass is 727 g/mol. The van der Waals surface area contributed by atoms with Gasteiger partial charge >= 0.3 is 11.9 Å². The molecule has 256 valence electrons. The lowest BCUT2D eigenvalue weighted by Gasteiger charge is -2.61. The van der Waals surface area contributed by atoms with E-state index in [9.17, 15) is 39.6 Å². The van der Waals surface area contributed by atoms with Gasteiger partial charge in [-0.15, -0.1) is 10.2 Å². The van der Waals surface area contributed by atoms with E-state index < -0.39 is 79.4 Å². The highest BCUT2D eigenvalue weighted by Crippen LogP contribution is 2.62. The van der Waals surface area contributed by atoms with Crippen LogP contribution >= 0.6 is 34.9 Å². The number of primary amides is 2. The Kier molecular flexibility index (Phi) is 8.62. The maximum absolute atomic E-state index is 15.0. The third-order valence-corrected chi connectivity index (χ3v) is 13.4. The highest BCUT2D eigenvalue weighted by molar-refractivity contribution is 8.04. The number of β-lactam (4-membered cyclic amide) rings is 1. The number of thioether (sulfide) groups is 2. The number of aliphatic carboxylic acids is 1. The summed E-state index contributed by atoms with van der Waals surface area (Å²) in [5.41, 5.74) is 11.0. The summed E-state index contributed by atoms with van der Waals surface area (Å²) >= 11 is 3.80. The number of hydrogen-bond acceptors (Lipinski definition) is 14. The van der Waals surface area contributed by atoms with Crippen molar-refractivity contribution in [2.75, 3.05) is 24.2 Å². The van der Waals surface area contributed by atoms with Gasteiger partial charge in [-0.05, 0) is 36.8 Å². The van der Waals surface area contributed by atoms with Crippen LogP contribution in [0.3, 0.4) is 0 Å². The molecule has 6 rings (SSSR count). The summed E-state index contributed by atoms with van der Waals surface area (Å²) in [7, 11) is 1.39. The van der Waals surface area contributed by atoms with Crippen LogP contribution < -0.4 is 16.4 Å². The van der Waals surface area contributed by atoms with Crippen molar-refractivity contribution in [3.63, 3.8) is 0 Å². The van der Waals surface area contributed by atoms with Crippen LogP contribution in [0, 0.1) is 11.3 Å². The minimum absolute atomic E-state index is 0.00169. The normalized spacial score (nSPS) is 28.1. The first-order valence-electron chi connectivity index (χ1n) is 14.9. The fraction of sp³-hybridized carbons (Fsp3) is 0.323. The van der Waals surface area contributed by atoms with Gasteiger partial charge in [0.2, 0.25) is 17.5 Å². The van der Waals surface area contributed by atoms with Gasteiger partial charge in [0.25, 0.3) is 0 Å².